The van der Waals surface area contributed by atoms with Crippen LogP contribution in [0, 0.1) is 27.7 Å². The maximum absolute atomic E-state index is 12.8. The van der Waals surface area contributed by atoms with E-state index in [-0.39, 0.29) is 52.6 Å². The summed E-state index contributed by atoms with van der Waals surface area (Å²) in [6, 6.07) is 13.4. The summed E-state index contributed by atoms with van der Waals surface area (Å²) in [5.74, 6) is -1.10. The number of hydrogen-bond donors (Lipinski definition) is 6. The monoisotopic (exact) mass is 898 g/mol. The fourth-order valence-electron chi connectivity index (χ4n) is 6.40. The number of aromatic amines is 1. The Morgan fingerprint density at radius 1 is 0.609 bits per heavy atom. The largest absolute Gasteiger partial charge is 0.342 e. The molecule has 0 aliphatic carbocycles. The summed E-state index contributed by atoms with van der Waals surface area (Å²) in [6.07, 6.45) is 6.14. The minimum Gasteiger partial charge on any atom is -0.342 e. The summed E-state index contributed by atoms with van der Waals surface area (Å²) < 4.78 is 0. The van der Waals surface area contributed by atoms with Gasteiger partial charge in [-0.1, -0.05) is 12.1 Å². The number of hydrogen-bond acceptors (Lipinski definition) is 14. The Morgan fingerprint density at radius 3 is 1.70 bits per heavy atom. The maximum atomic E-state index is 12.8. The number of H-pyrrole nitrogens is 1. The number of carbonyl (C=O) groups excluding carboxylic acids is 5. The molecule has 1 aliphatic rings. The average Bonchev–Trinajstić information content (AvgIpc) is 3.98. The van der Waals surface area contributed by atoms with Gasteiger partial charge in [0.2, 0.25) is 11.5 Å². The highest BCUT2D eigenvalue weighted by Gasteiger charge is 2.26. The van der Waals surface area contributed by atoms with Crippen LogP contribution in [0.15, 0.2) is 78.4 Å². The molecule has 6 N–H and O–H groups in total. The molecule has 8 rings (SSSR count). The van der Waals surface area contributed by atoms with E-state index < -0.39 is 18.0 Å². The zero-order valence-corrected chi connectivity index (χ0v) is 37.1. The third-order valence-corrected chi connectivity index (χ3v) is 12.6. The highest BCUT2D eigenvalue weighted by atomic mass is 32.1. The van der Waals surface area contributed by atoms with Gasteiger partial charge in [-0.15, -0.1) is 22.7 Å². The van der Waals surface area contributed by atoms with E-state index in [0.29, 0.717) is 48.6 Å². The van der Waals surface area contributed by atoms with Gasteiger partial charge >= 0.3 is 0 Å². The van der Waals surface area contributed by atoms with Crippen LogP contribution in [0.4, 0.5) is 17.2 Å². The number of nitrogens with one attached hydrogen (secondary N) is 6. The molecule has 6 heterocycles. The standard InChI is InChI=1S/C22H22N6O3S.C22H20N6O3S/c2*1-11-4-5-14(8-12(11)2)27-20(30)16-9-23-22(32-16)13(3)26-21(31)18-15-6-7-17(29)28-19(15)25-10-24-18/h4-5,8-10,13H,6-7H2,1-3H3,(H,26,31)(H,27,30)(H,24,25,28,29);4-10,13H,1-3H3,(H,26,31)(H,27,30)(H,24,25,28,29)/t2*13-/m11/s1. The summed E-state index contributed by atoms with van der Waals surface area (Å²) in [6.45, 7) is 11.6. The van der Waals surface area contributed by atoms with E-state index in [1.165, 1.54) is 59.9 Å². The number of aromatic nitrogens is 7. The lowest BCUT2D eigenvalue weighted by Crippen LogP contribution is -2.30. The maximum Gasteiger partial charge on any atom is 0.271 e. The Bertz CT molecular complexity index is 3020. The van der Waals surface area contributed by atoms with Crippen LogP contribution in [-0.2, 0) is 11.2 Å². The lowest BCUT2D eigenvalue weighted by molar-refractivity contribution is -0.116. The van der Waals surface area contributed by atoms with Crippen LogP contribution >= 0.6 is 22.7 Å². The molecule has 64 heavy (non-hydrogen) atoms. The van der Waals surface area contributed by atoms with Crippen molar-refractivity contribution >= 4 is 80.4 Å². The number of amides is 5. The second-order valence-electron chi connectivity index (χ2n) is 14.9. The number of rotatable bonds is 10. The molecule has 5 aromatic heterocycles. The summed E-state index contributed by atoms with van der Waals surface area (Å²) in [4.78, 5) is 102. The van der Waals surface area contributed by atoms with Gasteiger partial charge in [0, 0.05) is 34.8 Å². The molecule has 20 heteroatoms. The molecule has 1 aliphatic heterocycles. The van der Waals surface area contributed by atoms with Crippen LogP contribution in [0.5, 0.6) is 0 Å². The van der Waals surface area contributed by atoms with Gasteiger partial charge in [-0.2, -0.15) is 0 Å². The lowest BCUT2D eigenvalue weighted by atomic mass is 10.0. The van der Waals surface area contributed by atoms with Gasteiger partial charge in [-0.25, -0.2) is 29.9 Å². The van der Waals surface area contributed by atoms with E-state index in [1.807, 2.05) is 64.1 Å². The molecule has 7 aromatic rings. The summed E-state index contributed by atoms with van der Waals surface area (Å²) in [5.41, 5.74) is 6.86. The van der Waals surface area contributed by atoms with Gasteiger partial charge in [-0.3, -0.25) is 28.8 Å². The van der Waals surface area contributed by atoms with E-state index in [2.05, 4.69) is 61.5 Å². The molecule has 0 unspecified atom stereocenters. The predicted molar refractivity (Wildman–Crippen MR) is 243 cm³/mol. The van der Waals surface area contributed by atoms with E-state index in [1.54, 1.807) is 13.8 Å². The Labute approximate surface area is 373 Å². The van der Waals surface area contributed by atoms with Crippen molar-refractivity contribution in [3.8, 4) is 0 Å². The van der Waals surface area contributed by atoms with Gasteiger partial charge in [0.15, 0.2) is 0 Å². The van der Waals surface area contributed by atoms with Gasteiger partial charge in [0.1, 0.15) is 55.3 Å². The number of thiazole rings is 2. The van der Waals surface area contributed by atoms with Crippen molar-refractivity contribution in [2.24, 2.45) is 0 Å². The summed E-state index contributed by atoms with van der Waals surface area (Å²) in [7, 11) is 0. The van der Waals surface area contributed by atoms with Crippen molar-refractivity contribution in [1.29, 1.82) is 0 Å². The molecule has 326 valence electrons. The van der Waals surface area contributed by atoms with Crippen molar-refractivity contribution in [2.45, 2.75) is 66.5 Å². The zero-order valence-electron chi connectivity index (χ0n) is 35.4. The van der Waals surface area contributed by atoms with Gasteiger partial charge in [0.25, 0.3) is 23.6 Å². The highest BCUT2D eigenvalue weighted by molar-refractivity contribution is 7.14. The van der Waals surface area contributed by atoms with Crippen LogP contribution in [0.25, 0.3) is 11.0 Å². The van der Waals surface area contributed by atoms with Crippen LogP contribution < -0.4 is 32.1 Å². The third-order valence-electron chi connectivity index (χ3n) is 10.2. The van der Waals surface area contributed by atoms with Gasteiger partial charge < -0.3 is 31.6 Å². The quantitative estimate of drug-likeness (QED) is 0.0883. The first-order valence-corrected chi connectivity index (χ1v) is 21.5. The summed E-state index contributed by atoms with van der Waals surface area (Å²) in [5, 5.41) is 15.7. The Morgan fingerprint density at radius 2 is 1.14 bits per heavy atom. The van der Waals surface area contributed by atoms with Crippen molar-refractivity contribution in [3.05, 3.63) is 143 Å². The average molecular weight is 899 g/mol. The topological polar surface area (TPSA) is 256 Å². The second-order valence-corrected chi connectivity index (χ2v) is 17.1. The van der Waals surface area contributed by atoms with E-state index >= 15 is 0 Å². The van der Waals surface area contributed by atoms with E-state index in [9.17, 15) is 28.8 Å². The Balaban J connectivity index is 0.000000191. The Kier molecular flexibility index (Phi) is 13.4. The first kappa shape index (κ1) is 44.5. The molecule has 0 spiro atoms. The number of aryl methyl sites for hydroxylation is 4. The van der Waals surface area contributed by atoms with Crippen LogP contribution in [0.3, 0.4) is 0 Å². The first-order valence-electron chi connectivity index (χ1n) is 19.9. The molecule has 18 nitrogen and oxygen atoms in total. The van der Waals surface area contributed by atoms with Crippen LogP contribution in [0.2, 0.25) is 0 Å². The molecule has 5 amide bonds. The van der Waals surface area contributed by atoms with E-state index in [0.717, 1.165) is 27.9 Å². The molecule has 0 fully saturated rings. The van der Waals surface area contributed by atoms with Crippen LogP contribution in [0.1, 0.15) is 111 Å². The molecule has 2 aromatic carbocycles. The predicted octanol–water partition coefficient (Wildman–Crippen LogP) is 6.31. The number of nitrogens with zero attached hydrogens (tertiary/aromatic N) is 6. The number of anilines is 3. The van der Waals surface area contributed by atoms with Crippen molar-refractivity contribution in [2.75, 3.05) is 16.0 Å². The van der Waals surface area contributed by atoms with Crippen molar-refractivity contribution in [1.82, 2.24) is 45.5 Å². The molecule has 0 bridgehead atoms. The number of carbonyl (C=O) groups is 5. The SMILES string of the molecule is Cc1ccc(NC(=O)c2cnc([C@@H](C)NC(=O)c3ncnc4[nH]c(=O)ccc34)s2)cc1C.Cc1ccc(NC(=O)c2cnc([C@@H](C)NC(=O)c3ncnc4c3CCC(=O)N4)s2)cc1C. The first-order chi connectivity index (χ1) is 30.6. The Hall–Kier alpha value is -7.58. The fraction of sp³-hybridized carbons (Fsp3) is 0.227. The minimum atomic E-state index is -0.455. The number of pyridine rings is 1. The third kappa shape index (κ3) is 10.4. The highest BCUT2D eigenvalue weighted by Crippen LogP contribution is 2.26. The molecule has 2 atom stereocenters. The molecule has 0 saturated carbocycles. The summed E-state index contributed by atoms with van der Waals surface area (Å²) >= 11 is 2.41. The van der Waals surface area contributed by atoms with Gasteiger partial charge in [-0.05, 0) is 101 Å². The normalized spacial score (nSPS) is 12.8. The van der Waals surface area contributed by atoms with Gasteiger partial charge in [0.05, 0.1) is 24.5 Å². The number of benzene rings is 2. The second kappa shape index (κ2) is 19.2. The lowest BCUT2D eigenvalue weighted by Gasteiger charge is -2.18. The van der Waals surface area contributed by atoms with Crippen LogP contribution in [-0.4, -0.2) is 64.4 Å². The molecular formula is C44H42N12O6S2. The number of fused-ring (bicyclic) bond motifs is 2. The van der Waals surface area contributed by atoms with E-state index in [4.69, 9.17) is 0 Å². The minimum absolute atomic E-state index is 0.134. The molecule has 0 saturated heterocycles. The van der Waals surface area contributed by atoms with Crippen molar-refractivity contribution < 1.29 is 24.0 Å². The fourth-order valence-corrected chi connectivity index (χ4v) is 8.03. The molecular weight excluding hydrogens is 857 g/mol. The van der Waals surface area contributed by atoms with Crippen molar-refractivity contribution in [3.63, 3.8) is 0 Å². The molecule has 0 radical (unpaired) electrons. The zero-order chi connectivity index (χ0) is 45.7. The smallest absolute Gasteiger partial charge is 0.271 e.